The number of halogens is 1. The summed E-state index contributed by atoms with van der Waals surface area (Å²) < 4.78 is 15.2. The lowest BCUT2D eigenvalue weighted by Crippen LogP contribution is -2.49. The van der Waals surface area contributed by atoms with Gasteiger partial charge in [0.1, 0.15) is 17.7 Å². The summed E-state index contributed by atoms with van der Waals surface area (Å²) in [6.45, 7) is 7.54. The van der Waals surface area contributed by atoms with Gasteiger partial charge in [-0.2, -0.15) is 0 Å². The number of rotatable bonds is 4. The Morgan fingerprint density at radius 2 is 2.04 bits per heavy atom. The van der Waals surface area contributed by atoms with Gasteiger partial charge in [-0.1, -0.05) is 12.1 Å². The highest BCUT2D eigenvalue weighted by Crippen LogP contribution is 2.15. The minimum absolute atomic E-state index is 0.126. The molecule has 3 rings (SSSR count). The molecule has 1 saturated heterocycles. The molecule has 1 aliphatic heterocycles. The zero-order valence-electron chi connectivity index (χ0n) is 14.2. The van der Waals surface area contributed by atoms with Crippen LogP contribution in [0.1, 0.15) is 24.4 Å². The number of piperazine rings is 1. The summed E-state index contributed by atoms with van der Waals surface area (Å²) in [6, 6.07) is 6.47. The van der Waals surface area contributed by atoms with Crippen LogP contribution in [-0.4, -0.2) is 51.4 Å². The van der Waals surface area contributed by atoms with Crippen molar-refractivity contribution in [3.05, 3.63) is 53.9 Å². The van der Waals surface area contributed by atoms with E-state index in [2.05, 4.69) is 9.88 Å². The molecule has 0 aliphatic carbocycles. The van der Waals surface area contributed by atoms with Crippen molar-refractivity contribution in [2.75, 3.05) is 26.2 Å². The van der Waals surface area contributed by atoms with Crippen LogP contribution in [0.4, 0.5) is 4.39 Å². The van der Waals surface area contributed by atoms with Crippen LogP contribution in [-0.2, 0) is 11.3 Å². The van der Waals surface area contributed by atoms with Gasteiger partial charge in [0.15, 0.2) is 0 Å². The zero-order valence-corrected chi connectivity index (χ0v) is 14.2. The van der Waals surface area contributed by atoms with Crippen molar-refractivity contribution >= 4 is 5.91 Å². The third kappa shape index (κ3) is 3.64. The highest BCUT2D eigenvalue weighted by molar-refractivity contribution is 5.80. The molecule has 1 fully saturated rings. The smallest absolute Gasteiger partial charge is 0.245 e. The van der Waals surface area contributed by atoms with Crippen LogP contribution in [0.15, 0.2) is 36.7 Å². The predicted octanol–water partition coefficient (Wildman–Crippen LogP) is 2.24. The van der Waals surface area contributed by atoms with Crippen molar-refractivity contribution in [1.29, 1.82) is 0 Å². The lowest BCUT2D eigenvalue weighted by atomic mass is 10.2. The Morgan fingerprint density at radius 3 is 2.67 bits per heavy atom. The van der Waals surface area contributed by atoms with Crippen molar-refractivity contribution in [3.63, 3.8) is 0 Å². The first kappa shape index (κ1) is 16.6. The lowest BCUT2D eigenvalue weighted by Gasteiger charge is -2.36. The molecule has 0 saturated carbocycles. The summed E-state index contributed by atoms with van der Waals surface area (Å²) in [5, 5.41) is 0. The van der Waals surface area contributed by atoms with E-state index in [9.17, 15) is 9.18 Å². The summed E-state index contributed by atoms with van der Waals surface area (Å²) in [5.41, 5.74) is 0.970. The van der Waals surface area contributed by atoms with E-state index in [0.29, 0.717) is 13.1 Å². The number of benzene rings is 1. The third-order valence-corrected chi connectivity index (χ3v) is 4.62. The van der Waals surface area contributed by atoms with Crippen LogP contribution >= 0.6 is 0 Å². The molecule has 1 amide bonds. The maximum absolute atomic E-state index is 13.3. The molecule has 0 radical (unpaired) electrons. The molecule has 24 heavy (non-hydrogen) atoms. The summed E-state index contributed by atoms with van der Waals surface area (Å²) in [7, 11) is 0. The Kier molecular flexibility index (Phi) is 4.94. The highest BCUT2D eigenvalue weighted by Gasteiger charge is 2.26. The number of amides is 1. The molecular weight excluding hydrogens is 307 g/mol. The van der Waals surface area contributed by atoms with Crippen molar-refractivity contribution in [1.82, 2.24) is 19.4 Å². The average molecular weight is 330 g/mol. The van der Waals surface area contributed by atoms with Crippen molar-refractivity contribution in [2.24, 2.45) is 0 Å². The topological polar surface area (TPSA) is 41.4 Å². The number of hydrogen-bond donors (Lipinski definition) is 0. The molecule has 0 N–H and O–H groups in total. The number of aromatic nitrogens is 2. The Morgan fingerprint density at radius 1 is 1.29 bits per heavy atom. The van der Waals surface area contributed by atoms with E-state index in [1.165, 1.54) is 6.07 Å². The first-order valence-electron chi connectivity index (χ1n) is 8.29. The molecule has 0 bridgehead atoms. The predicted molar refractivity (Wildman–Crippen MR) is 89.9 cm³/mol. The normalized spacial score (nSPS) is 17.0. The molecule has 128 valence electrons. The molecule has 1 aromatic carbocycles. The molecule has 1 aromatic heterocycles. The fraction of sp³-hybridized carbons (Fsp3) is 0.444. The molecule has 6 heteroatoms. The van der Waals surface area contributed by atoms with Gasteiger partial charge in [-0.25, -0.2) is 9.37 Å². The Balaban J connectivity index is 1.55. The maximum atomic E-state index is 13.3. The van der Waals surface area contributed by atoms with Crippen LogP contribution in [0, 0.1) is 12.7 Å². The first-order chi connectivity index (χ1) is 11.5. The van der Waals surface area contributed by atoms with Crippen LogP contribution < -0.4 is 0 Å². The molecule has 1 aliphatic rings. The van der Waals surface area contributed by atoms with E-state index in [-0.39, 0.29) is 17.8 Å². The van der Waals surface area contributed by atoms with E-state index < -0.39 is 0 Å². The molecule has 1 atom stereocenters. The SMILES string of the molecule is Cc1nccn1[C@H](C)C(=O)N1CCN(Cc2cccc(F)c2)CC1. The fourth-order valence-corrected chi connectivity index (χ4v) is 3.20. The van der Waals surface area contributed by atoms with Crippen LogP contribution in [0.3, 0.4) is 0 Å². The highest BCUT2D eigenvalue weighted by atomic mass is 19.1. The van der Waals surface area contributed by atoms with Crippen molar-refractivity contribution < 1.29 is 9.18 Å². The van der Waals surface area contributed by atoms with Gasteiger partial charge in [-0.15, -0.1) is 0 Å². The van der Waals surface area contributed by atoms with Gasteiger partial charge in [-0.3, -0.25) is 9.69 Å². The lowest BCUT2D eigenvalue weighted by molar-refractivity contribution is -0.136. The van der Waals surface area contributed by atoms with Gasteiger partial charge >= 0.3 is 0 Å². The van der Waals surface area contributed by atoms with Crippen molar-refractivity contribution in [3.8, 4) is 0 Å². The minimum atomic E-state index is -0.234. The molecule has 2 heterocycles. The second-order valence-corrected chi connectivity index (χ2v) is 6.29. The zero-order chi connectivity index (χ0) is 17.1. The second-order valence-electron chi connectivity index (χ2n) is 6.29. The van der Waals surface area contributed by atoms with Gasteiger partial charge in [0, 0.05) is 45.1 Å². The average Bonchev–Trinajstić information content (AvgIpc) is 3.00. The number of hydrogen-bond acceptors (Lipinski definition) is 3. The second kappa shape index (κ2) is 7.13. The van der Waals surface area contributed by atoms with Crippen molar-refractivity contribution in [2.45, 2.75) is 26.4 Å². The molecule has 0 unspecified atom stereocenters. The molecule has 2 aromatic rings. The van der Waals surface area contributed by atoms with Gasteiger partial charge in [0.25, 0.3) is 0 Å². The Bertz CT molecular complexity index is 707. The van der Waals surface area contributed by atoms with E-state index in [1.807, 2.05) is 35.6 Å². The fourth-order valence-electron chi connectivity index (χ4n) is 3.20. The number of carbonyl (C=O) groups is 1. The standard InChI is InChI=1S/C18H23FN4O/c1-14(23-7-6-20-15(23)2)18(24)22-10-8-21(9-11-22)13-16-4-3-5-17(19)12-16/h3-7,12,14H,8-11,13H2,1-2H3/t14-/m1/s1. The van der Waals surface area contributed by atoms with E-state index in [1.54, 1.807) is 18.3 Å². The minimum Gasteiger partial charge on any atom is -0.338 e. The number of carbonyl (C=O) groups excluding carboxylic acids is 1. The number of imidazole rings is 1. The van der Waals surface area contributed by atoms with Crippen LogP contribution in [0.25, 0.3) is 0 Å². The van der Waals surface area contributed by atoms with E-state index in [0.717, 1.165) is 31.0 Å². The quantitative estimate of drug-likeness (QED) is 0.863. The van der Waals surface area contributed by atoms with Crippen LogP contribution in [0.5, 0.6) is 0 Å². The van der Waals surface area contributed by atoms with Gasteiger partial charge in [-0.05, 0) is 31.5 Å². The van der Waals surface area contributed by atoms with Crippen LogP contribution in [0.2, 0.25) is 0 Å². The molecular formula is C18H23FN4O. The van der Waals surface area contributed by atoms with Gasteiger partial charge < -0.3 is 9.47 Å². The monoisotopic (exact) mass is 330 g/mol. The van der Waals surface area contributed by atoms with Gasteiger partial charge in [0.2, 0.25) is 5.91 Å². The summed E-state index contributed by atoms with van der Waals surface area (Å²) in [4.78, 5) is 21.0. The molecule has 0 spiro atoms. The Hall–Kier alpha value is -2.21. The largest absolute Gasteiger partial charge is 0.338 e. The number of nitrogens with zero attached hydrogens (tertiary/aromatic N) is 4. The molecule has 5 nitrogen and oxygen atoms in total. The maximum Gasteiger partial charge on any atom is 0.245 e. The van der Waals surface area contributed by atoms with E-state index in [4.69, 9.17) is 0 Å². The summed E-state index contributed by atoms with van der Waals surface area (Å²) in [5.74, 6) is 0.771. The number of aryl methyl sites for hydroxylation is 1. The first-order valence-corrected chi connectivity index (χ1v) is 8.29. The third-order valence-electron chi connectivity index (χ3n) is 4.62. The Labute approximate surface area is 141 Å². The van der Waals surface area contributed by atoms with E-state index >= 15 is 0 Å². The summed E-state index contributed by atoms with van der Waals surface area (Å²) >= 11 is 0. The van der Waals surface area contributed by atoms with Gasteiger partial charge in [0.05, 0.1) is 0 Å². The summed E-state index contributed by atoms with van der Waals surface area (Å²) in [6.07, 6.45) is 3.56.